The van der Waals surface area contributed by atoms with Crippen LogP contribution in [0.5, 0.6) is 5.75 Å². The average molecular weight is 564 g/mol. The number of piperidine rings is 1. The van der Waals surface area contributed by atoms with Crippen LogP contribution < -0.4 is 15.6 Å². The molecule has 2 aromatic carbocycles. The number of amides is 1. The standard InChI is InChI=1S/C32H33N7O3/c1-22(40)36-15-12-25(13-16-36)37-17-11-23-19-24(9-10-29(23)37)34-32-33-21-28-30(35-32)39-26-7-6-8-27(20-26)42-18-5-3-2-4-14-38(39)31(28)41/h2,4,6-11,17,19-21,25H,3,5,12-16,18H2,1H3,(H,33,34,35)/b4-2-. The fourth-order valence-electron chi connectivity index (χ4n) is 6.05. The van der Waals surface area contributed by atoms with Gasteiger partial charge in [-0.15, -0.1) is 0 Å². The summed E-state index contributed by atoms with van der Waals surface area (Å²) in [5, 5.41) is 4.92. The van der Waals surface area contributed by atoms with E-state index in [4.69, 9.17) is 9.72 Å². The van der Waals surface area contributed by atoms with Crippen molar-refractivity contribution in [1.29, 1.82) is 0 Å². The molecule has 0 spiro atoms. The van der Waals surface area contributed by atoms with Crippen molar-refractivity contribution in [1.82, 2.24) is 28.8 Å². The highest BCUT2D eigenvalue weighted by Crippen LogP contribution is 2.30. The summed E-state index contributed by atoms with van der Waals surface area (Å²) in [4.78, 5) is 36.4. The lowest BCUT2D eigenvalue weighted by Crippen LogP contribution is -2.37. The molecule has 10 heteroatoms. The van der Waals surface area contributed by atoms with Crippen LogP contribution in [0.1, 0.15) is 38.6 Å². The van der Waals surface area contributed by atoms with Crippen LogP contribution in [0.3, 0.4) is 0 Å². The Kier molecular flexibility index (Phi) is 6.73. The first-order valence-corrected chi connectivity index (χ1v) is 14.5. The van der Waals surface area contributed by atoms with Crippen molar-refractivity contribution in [2.75, 3.05) is 25.0 Å². The first-order chi connectivity index (χ1) is 20.5. The Morgan fingerprint density at radius 1 is 1.07 bits per heavy atom. The van der Waals surface area contributed by atoms with Crippen LogP contribution in [0.15, 0.2) is 77.9 Å². The van der Waals surface area contributed by atoms with Gasteiger partial charge in [-0.1, -0.05) is 18.2 Å². The monoisotopic (exact) mass is 563 g/mol. The summed E-state index contributed by atoms with van der Waals surface area (Å²) in [7, 11) is 0. The van der Waals surface area contributed by atoms with E-state index in [0.29, 0.717) is 36.2 Å². The number of aromatic nitrogens is 5. The van der Waals surface area contributed by atoms with Crippen molar-refractivity contribution in [2.45, 2.75) is 45.2 Å². The summed E-state index contributed by atoms with van der Waals surface area (Å²) >= 11 is 0. The smallest absolute Gasteiger partial charge is 0.278 e. The number of benzene rings is 2. The molecule has 214 valence electrons. The van der Waals surface area contributed by atoms with E-state index >= 15 is 0 Å². The predicted molar refractivity (Wildman–Crippen MR) is 163 cm³/mol. The number of likely N-dealkylation sites (tertiary alicyclic amines) is 1. The van der Waals surface area contributed by atoms with Gasteiger partial charge in [-0.2, -0.15) is 4.98 Å². The summed E-state index contributed by atoms with van der Waals surface area (Å²) in [6, 6.07) is 16.5. The maximum Gasteiger partial charge on any atom is 0.278 e. The Hall–Kier alpha value is -4.86. The average Bonchev–Trinajstić information content (AvgIpc) is 3.54. The maximum atomic E-state index is 13.4. The van der Waals surface area contributed by atoms with Gasteiger partial charge in [0.25, 0.3) is 5.56 Å². The number of hydrogen-bond acceptors (Lipinski definition) is 6. The minimum Gasteiger partial charge on any atom is -0.494 e. The molecule has 0 aliphatic carbocycles. The lowest BCUT2D eigenvalue weighted by molar-refractivity contribution is -0.130. The third kappa shape index (κ3) is 4.82. The summed E-state index contributed by atoms with van der Waals surface area (Å²) in [6.07, 6.45) is 11.5. The highest BCUT2D eigenvalue weighted by molar-refractivity contribution is 5.85. The van der Waals surface area contributed by atoms with Crippen molar-refractivity contribution in [3.05, 3.63) is 83.4 Å². The van der Waals surface area contributed by atoms with Crippen LogP contribution in [0.25, 0.3) is 27.6 Å². The quantitative estimate of drug-likeness (QED) is 0.303. The number of nitrogens with zero attached hydrogens (tertiary/aromatic N) is 6. The zero-order valence-electron chi connectivity index (χ0n) is 23.6. The van der Waals surface area contributed by atoms with E-state index in [9.17, 15) is 9.59 Å². The van der Waals surface area contributed by atoms with Crippen molar-refractivity contribution < 1.29 is 9.53 Å². The van der Waals surface area contributed by atoms with Crippen LogP contribution in [0, 0.1) is 0 Å². The van der Waals surface area contributed by atoms with E-state index < -0.39 is 0 Å². The van der Waals surface area contributed by atoms with E-state index in [2.05, 4.69) is 45.3 Å². The van der Waals surface area contributed by atoms with E-state index in [1.54, 1.807) is 17.8 Å². The molecule has 2 aliphatic rings. The largest absolute Gasteiger partial charge is 0.494 e. The van der Waals surface area contributed by atoms with Gasteiger partial charge in [-0.3, -0.25) is 9.59 Å². The molecule has 3 aromatic heterocycles. The first kappa shape index (κ1) is 26.1. The molecular weight excluding hydrogens is 530 g/mol. The van der Waals surface area contributed by atoms with Gasteiger partial charge in [0.2, 0.25) is 11.9 Å². The molecule has 2 bridgehead atoms. The summed E-state index contributed by atoms with van der Waals surface area (Å²) in [6.45, 7) is 4.29. The highest BCUT2D eigenvalue weighted by atomic mass is 16.5. The number of nitrogens with one attached hydrogen (secondary N) is 1. The molecule has 0 radical (unpaired) electrons. The normalized spacial score (nSPS) is 16.8. The number of carbonyl (C=O) groups excluding carboxylic acids is 1. The molecule has 7 rings (SSSR count). The fourth-order valence-corrected chi connectivity index (χ4v) is 6.05. The molecule has 0 saturated carbocycles. The molecule has 2 aliphatic heterocycles. The van der Waals surface area contributed by atoms with Crippen LogP contribution in [-0.4, -0.2) is 54.4 Å². The van der Waals surface area contributed by atoms with Gasteiger partial charge in [-0.25, -0.2) is 14.3 Å². The molecule has 0 atom stereocenters. The molecule has 1 fully saturated rings. The number of hydrogen-bond donors (Lipinski definition) is 1. The molecule has 1 amide bonds. The molecule has 1 saturated heterocycles. The van der Waals surface area contributed by atoms with Crippen molar-refractivity contribution in [3.63, 3.8) is 0 Å². The zero-order valence-corrected chi connectivity index (χ0v) is 23.6. The zero-order chi connectivity index (χ0) is 28.6. The molecule has 42 heavy (non-hydrogen) atoms. The Morgan fingerprint density at radius 2 is 1.95 bits per heavy atom. The molecule has 0 unspecified atom stereocenters. The van der Waals surface area contributed by atoms with Crippen molar-refractivity contribution in [3.8, 4) is 11.4 Å². The topological polar surface area (TPSA) is 99.2 Å². The molecule has 5 heterocycles. The van der Waals surface area contributed by atoms with E-state index in [0.717, 1.165) is 66.8 Å². The van der Waals surface area contributed by atoms with Crippen LogP contribution >= 0.6 is 0 Å². The van der Waals surface area contributed by atoms with Gasteiger partial charge in [-0.05, 0) is 62.1 Å². The summed E-state index contributed by atoms with van der Waals surface area (Å²) < 4.78 is 11.8. The summed E-state index contributed by atoms with van der Waals surface area (Å²) in [5.41, 5.74) is 3.22. The first-order valence-electron chi connectivity index (χ1n) is 14.5. The molecular formula is C32H33N7O3. The second-order valence-electron chi connectivity index (χ2n) is 10.9. The third-order valence-electron chi connectivity index (χ3n) is 8.25. The Labute approximate surface area is 242 Å². The third-order valence-corrected chi connectivity index (χ3v) is 8.25. The second kappa shape index (κ2) is 10.8. The predicted octanol–water partition coefficient (Wildman–Crippen LogP) is 5.19. The van der Waals surface area contributed by atoms with Crippen LogP contribution in [0.4, 0.5) is 11.6 Å². The van der Waals surface area contributed by atoms with Crippen LogP contribution in [0.2, 0.25) is 0 Å². The van der Waals surface area contributed by atoms with Gasteiger partial charge >= 0.3 is 0 Å². The number of allylic oxidation sites excluding steroid dienone is 2. The molecule has 5 aromatic rings. The van der Waals surface area contributed by atoms with Crippen molar-refractivity contribution >= 4 is 39.5 Å². The highest BCUT2D eigenvalue weighted by Gasteiger charge is 2.23. The lowest BCUT2D eigenvalue weighted by Gasteiger charge is -2.32. The van der Waals surface area contributed by atoms with Gasteiger partial charge in [0.1, 0.15) is 11.1 Å². The van der Waals surface area contributed by atoms with Crippen LogP contribution in [-0.2, 0) is 11.3 Å². The molecule has 1 N–H and O–H groups in total. The number of ether oxygens (including phenoxy) is 1. The SMILES string of the molecule is CC(=O)N1CCC(n2ccc3cc(Nc4ncc5c(=O)n6n(c5n4)-c4cccc(c4)OCCC/C=C\C6)ccc32)CC1. The second-order valence-corrected chi connectivity index (χ2v) is 10.9. The number of rotatable bonds is 3. The van der Waals surface area contributed by atoms with E-state index in [1.807, 2.05) is 46.0 Å². The van der Waals surface area contributed by atoms with Crippen molar-refractivity contribution in [2.24, 2.45) is 0 Å². The lowest BCUT2D eigenvalue weighted by atomic mass is 10.0. The van der Waals surface area contributed by atoms with E-state index in [-0.39, 0.29) is 11.5 Å². The summed E-state index contributed by atoms with van der Waals surface area (Å²) in [5.74, 6) is 1.32. The minimum atomic E-state index is -0.138. The number of anilines is 2. The Balaban J connectivity index is 1.21. The minimum absolute atomic E-state index is 0.138. The molecule has 10 nitrogen and oxygen atoms in total. The van der Waals surface area contributed by atoms with Gasteiger partial charge in [0.05, 0.1) is 18.8 Å². The van der Waals surface area contributed by atoms with E-state index in [1.165, 1.54) is 0 Å². The number of carbonyl (C=O) groups is 1. The Morgan fingerprint density at radius 3 is 2.81 bits per heavy atom. The number of fused-ring (bicyclic) bond motifs is 7. The van der Waals surface area contributed by atoms with Gasteiger partial charge < -0.3 is 19.5 Å². The fraction of sp³-hybridized carbons (Fsp3) is 0.312. The Bertz CT molecular complexity index is 1870. The van der Waals surface area contributed by atoms with Gasteiger partial charge in [0.15, 0.2) is 5.65 Å². The maximum absolute atomic E-state index is 13.4. The van der Waals surface area contributed by atoms with Gasteiger partial charge in [0, 0.05) is 61.1 Å².